The van der Waals surface area contributed by atoms with Gasteiger partial charge in [-0.3, -0.25) is 14.5 Å². The predicted octanol–water partition coefficient (Wildman–Crippen LogP) is 4.06. The molecule has 3 fully saturated rings. The molecule has 148 valence electrons. The summed E-state index contributed by atoms with van der Waals surface area (Å²) in [5.41, 5.74) is 2.90. The minimum absolute atomic E-state index is 0.0714. The van der Waals surface area contributed by atoms with Crippen LogP contribution in [0.2, 0.25) is 0 Å². The van der Waals surface area contributed by atoms with Crippen molar-refractivity contribution in [1.82, 2.24) is 0 Å². The van der Waals surface area contributed by atoms with Gasteiger partial charge in [0.25, 0.3) is 0 Å². The highest BCUT2D eigenvalue weighted by molar-refractivity contribution is 6.22. The number of ether oxygens (including phenoxy) is 1. The lowest BCUT2D eigenvalue weighted by Gasteiger charge is -2.19. The summed E-state index contributed by atoms with van der Waals surface area (Å²) in [6.07, 6.45) is 3.13. The van der Waals surface area contributed by atoms with E-state index in [1.807, 2.05) is 26.0 Å². The maximum Gasteiger partial charge on any atom is 0.343 e. The highest BCUT2D eigenvalue weighted by Gasteiger charge is 2.61. The fourth-order valence-corrected chi connectivity index (χ4v) is 5.40. The number of imide groups is 1. The summed E-state index contributed by atoms with van der Waals surface area (Å²) < 4.78 is 5.53. The Morgan fingerprint density at radius 2 is 1.55 bits per heavy atom. The van der Waals surface area contributed by atoms with Crippen LogP contribution < -0.4 is 9.64 Å². The normalized spacial score (nSPS) is 27.4. The van der Waals surface area contributed by atoms with Crippen molar-refractivity contribution in [2.75, 3.05) is 4.90 Å². The van der Waals surface area contributed by atoms with Gasteiger partial charge in [-0.15, -0.1) is 0 Å². The van der Waals surface area contributed by atoms with E-state index in [4.69, 9.17) is 4.74 Å². The molecule has 29 heavy (non-hydrogen) atoms. The Bertz CT molecular complexity index is 998. The van der Waals surface area contributed by atoms with Crippen molar-refractivity contribution in [3.8, 4) is 5.75 Å². The summed E-state index contributed by atoms with van der Waals surface area (Å²) in [6, 6.07) is 12.1. The number of carbonyl (C=O) groups is 3. The third-order valence-electron chi connectivity index (χ3n) is 7.05. The van der Waals surface area contributed by atoms with Crippen molar-refractivity contribution < 1.29 is 19.1 Å². The molecule has 1 heterocycles. The average molecular weight is 389 g/mol. The minimum Gasteiger partial charge on any atom is -0.423 e. The monoisotopic (exact) mass is 389 g/mol. The number of carbonyl (C=O) groups excluding carboxylic acids is 3. The maximum absolute atomic E-state index is 12.9. The molecule has 1 aliphatic heterocycles. The van der Waals surface area contributed by atoms with Gasteiger partial charge < -0.3 is 4.74 Å². The molecule has 2 bridgehead atoms. The van der Waals surface area contributed by atoms with Crippen LogP contribution in [0.4, 0.5) is 5.69 Å². The number of hydrogen-bond donors (Lipinski definition) is 0. The van der Waals surface area contributed by atoms with E-state index >= 15 is 0 Å². The molecule has 2 saturated carbocycles. The number of hydrogen-bond acceptors (Lipinski definition) is 4. The van der Waals surface area contributed by atoms with E-state index in [-0.39, 0.29) is 23.7 Å². The molecule has 3 aliphatic rings. The third-order valence-corrected chi connectivity index (χ3v) is 7.05. The number of amides is 2. The highest BCUT2D eigenvalue weighted by Crippen LogP contribution is 2.56. The second kappa shape index (κ2) is 6.55. The van der Waals surface area contributed by atoms with E-state index in [1.165, 1.54) is 4.90 Å². The third kappa shape index (κ3) is 2.71. The SMILES string of the molecule is Cc1cccc(OC(=O)c2ccc(N3C(=O)[C@@H]4[C@H]5CC[C@@H](C5)[C@H]4C3=O)cc2)c1C. The Balaban J connectivity index is 1.35. The summed E-state index contributed by atoms with van der Waals surface area (Å²) in [6.45, 7) is 3.88. The van der Waals surface area contributed by atoms with Crippen LogP contribution in [-0.4, -0.2) is 17.8 Å². The van der Waals surface area contributed by atoms with Crippen LogP contribution in [0.15, 0.2) is 42.5 Å². The fourth-order valence-electron chi connectivity index (χ4n) is 5.40. The first kappa shape index (κ1) is 18.1. The van der Waals surface area contributed by atoms with Gasteiger partial charge in [-0.2, -0.15) is 0 Å². The van der Waals surface area contributed by atoms with E-state index in [9.17, 15) is 14.4 Å². The maximum atomic E-state index is 12.9. The summed E-state index contributed by atoms with van der Waals surface area (Å²) in [5, 5.41) is 0. The van der Waals surface area contributed by atoms with Crippen LogP contribution in [0.1, 0.15) is 40.7 Å². The summed E-state index contributed by atoms with van der Waals surface area (Å²) in [7, 11) is 0. The van der Waals surface area contributed by atoms with E-state index in [2.05, 4.69) is 0 Å². The molecule has 0 unspecified atom stereocenters. The molecule has 2 amide bonds. The molecule has 1 saturated heterocycles. The van der Waals surface area contributed by atoms with Gasteiger partial charge in [0.1, 0.15) is 5.75 Å². The van der Waals surface area contributed by atoms with Gasteiger partial charge >= 0.3 is 5.97 Å². The Hall–Kier alpha value is -2.95. The zero-order valence-electron chi connectivity index (χ0n) is 16.6. The van der Waals surface area contributed by atoms with Crippen LogP contribution in [-0.2, 0) is 9.59 Å². The van der Waals surface area contributed by atoms with Gasteiger partial charge in [-0.05, 0) is 86.4 Å². The van der Waals surface area contributed by atoms with Gasteiger partial charge in [0.2, 0.25) is 11.8 Å². The molecule has 5 heteroatoms. The van der Waals surface area contributed by atoms with Crippen LogP contribution in [0.25, 0.3) is 0 Å². The van der Waals surface area contributed by atoms with Gasteiger partial charge in [-0.1, -0.05) is 12.1 Å². The Morgan fingerprint density at radius 1 is 0.931 bits per heavy atom. The largest absolute Gasteiger partial charge is 0.423 e. The van der Waals surface area contributed by atoms with Crippen LogP contribution in [0.3, 0.4) is 0 Å². The minimum atomic E-state index is -0.459. The standard InChI is InChI=1S/C24H23NO4/c1-13-4-3-5-19(14(13)2)29-24(28)15-8-10-18(11-9-15)25-22(26)20-16-6-7-17(12-16)21(20)23(25)27/h3-5,8-11,16-17,20-21H,6-7,12H2,1-2H3/t16-,17-,20+,21+/m0/s1. The molecular formula is C24H23NO4. The number of aryl methyl sites for hydroxylation is 1. The second-order valence-corrected chi connectivity index (χ2v) is 8.53. The molecule has 0 spiro atoms. The zero-order chi connectivity index (χ0) is 20.3. The number of esters is 1. The molecule has 2 aliphatic carbocycles. The lowest BCUT2D eigenvalue weighted by atomic mass is 9.81. The Kier molecular flexibility index (Phi) is 4.09. The van der Waals surface area contributed by atoms with Crippen molar-refractivity contribution in [2.24, 2.45) is 23.7 Å². The number of benzene rings is 2. The Morgan fingerprint density at radius 3 is 2.17 bits per heavy atom. The lowest BCUT2D eigenvalue weighted by molar-refractivity contribution is -0.123. The topological polar surface area (TPSA) is 63.7 Å². The average Bonchev–Trinajstić information content (AvgIpc) is 3.39. The summed E-state index contributed by atoms with van der Waals surface area (Å²) in [4.78, 5) is 39.7. The molecule has 2 aromatic rings. The van der Waals surface area contributed by atoms with Gasteiger partial charge in [0.05, 0.1) is 23.1 Å². The van der Waals surface area contributed by atoms with Crippen molar-refractivity contribution in [3.63, 3.8) is 0 Å². The number of anilines is 1. The predicted molar refractivity (Wildman–Crippen MR) is 108 cm³/mol. The molecule has 2 aromatic carbocycles. The number of fused-ring (bicyclic) bond motifs is 5. The molecule has 4 atom stereocenters. The van der Waals surface area contributed by atoms with Crippen molar-refractivity contribution in [3.05, 3.63) is 59.2 Å². The first-order chi connectivity index (χ1) is 14.0. The van der Waals surface area contributed by atoms with Gasteiger partial charge in [-0.25, -0.2) is 4.79 Å². The summed E-state index contributed by atoms with van der Waals surface area (Å²) in [5.74, 6) is 0.365. The quantitative estimate of drug-likeness (QED) is 0.451. The second-order valence-electron chi connectivity index (χ2n) is 8.53. The van der Waals surface area contributed by atoms with Crippen molar-refractivity contribution >= 4 is 23.5 Å². The molecule has 0 radical (unpaired) electrons. The first-order valence-electron chi connectivity index (χ1n) is 10.2. The van der Waals surface area contributed by atoms with Crippen molar-refractivity contribution in [2.45, 2.75) is 33.1 Å². The van der Waals surface area contributed by atoms with Crippen LogP contribution in [0, 0.1) is 37.5 Å². The van der Waals surface area contributed by atoms with E-state index in [1.54, 1.807) is 30.3 Å². The molecule has 5 rings (SSSR count). The van der Waals surface area contributed by atoms with E-state index in [0.717, 1.165) is 30.4 Å². The van der Waals surface area contributed by atoms with Crippen LogP contribution in [0.5, 0.6) is 5.75 Å². The number of nitrogens with zero attached hydrogens (tertiary/aromatic N) is 1. The van der Waals surface area contributed by atoms with E-state index < -0.39 is 5.97 Å². The van der Waals surface area contributed by atoms with Gasteiger partial charge in [0.15, 0.2) is 0 Å². The number of rotatable bonds is 3. The fraction of sp³-hybridized carbons (Fsp3) is 0.375. The Labute approximate surface area is 169 Å². The first-order valence-corrected chi connectivity index (χ1v) is 10.2. The summed E-state index contributed by atoms with van der Waals surface area (Å²) >= 11 is 0. The van der Waals surface area contributed by atoms with Crippen LogP contribution >= 0.6 is 0 Å². The van der Waals surface area contributed by atoms with Gasteiger partial charge in [0, 0.05) is 0 Å². The lowest BCUT2D eigenvalue weighted by Crippen LogP contribution is -2.32. The molecule has 5 nitrogen and oxygen atoms in total. The highest BCUT2D eigenvalue weighted by atomic mass is 16.5. The van der Waals surface area contributed by atoms with Crippen molar-refractivity contribution in [1.29, 1.82) is 0 Å². The van der Waals surface area contributed by atoms with E-state index in [0.29, 0.717) is 28.8 Å². The molecular weight excluding hydrogens is 366 g/mol. The smallest absolute Gasteiger partial charge is 0.343 e. The molecule has 0 aromatic heterocycles. The zero-order valence-corrected chi connectivity index (χ0v) is 16.6. The molecule has 0 N–H and O–H groups in total.